The smallest absolute Gasteiger partial charge is 0.0713 e. The largest absolute Gasteiger partial charge is 0.310 e. The summed E-state index contributed by atoms with van der Waals surface area (Å²) in [6.45, 7) is 0. The molecule has 0 fully saturated rings. The van der Waals surface area contributed by atoms with Crippen LogP contribution in [0.5, 0.6) is 0 Å². The number of rotatable bonds is 7. The molecule has 0 radical (unpaired) electrons. The predicted octanol–water partition coefficient (Wildman–Crippen LogP) is 15.7. The zero-order valence-corrected chi connectivity index (χ0v) is 33.1. The van der Waals surface area contributed by atoms with Gasteiger partial charge in [0.25, 0.3) is 0 Å². The number of hydrogen-bond donors (Lipinski definition) is 0. The normalized spacial score (nSPS) is 12.5. The van der Waals surface area contributed by atoms with Crippen molar-refractivity contribution in [1.29, 1.82) is 0 Å². The van der Waals surface area contributed by atoms with Gasteiger partial charge in [0.15, 0.2) is 0 Å². The lowest BCUT2D eigenvalue weighted by Gasteiger charge is -2.38. The van der Waals surface area contributed by atoms with Crippen molar-refractivity contribution in [2.24, 2.45) is 0 Å². The van der Waals surface area contributed by atoms with Gasteiger partial charge >= 0.3 is 0 Å². The molecule has 0 N–H and O–H groups in total. The maximum atomic E-state index is 2.38. The van der Waals surface area contributed by atoms with Gasteiger partial charge in [-0.1, -0.05) is 218 Å². The molecule has 1 aliphatic carbocycles. The van der Waals surface area contributed by atoms with Crippen molar-refractivity contribution in [3.8, 4) is 44.5 Å². The Morgan fingerprint density at radius 3 is 1.23 bits per heavy atom. The molecule has 0 saturated heterocycles. The van der Waals surface area contributed by atoms with Crippen molar-refractivity contribution in [1.82, 2.24) is 0 Å². The second-order valence-electron chi connectivity index (χ2n) is 15.6. The summed E-state index contributed by atoms with van der Waals surface area (Å²) in [5.74, 6) is 0. The van der Waals surface area contributed by atoms with Crippen molar-refractivity contribution in [2.45, 2.75) is 5.41 Å². The van der Waals surface area contributed by atoms with E-state index in [1.807, 2.05) is 0 Å². The van der Waals surface area contributed by atoms with Crippen LogP contribution in [-0.4, -0.2) is 0 Å². The Balaban J connectivity index is 1.02. The molecule has 0 aromatic heterocycles. The minimum Gasteiger partial charge on any atom is -0.310 e. The highest BCUT2D eigenvalue weighted by molar-refractivity contribution is 5.99. The third-order valence-corrected chi connectivity index (χ3v) is 12.4. The Morgan fingerprint density at radius 1 is 0.267 bits per heavy atom. The van der Waals surface area contributed by atoms with E-state index in [9.17, 15) is 0 Å². The van der Waals surface area contributed by atoms with E-state index in [-0.39, 0.29) is 0 Å². The minimum atomic E-state index is -0.551. The molecular formula is C59H41N. The Labute approximate surface area is 352 Å². The Morgan fingerprint density at radius 2 is 0.667 bits per heavy atom. The lowest BCUT2D eigenvalue weighted by atomic mass is 9.63. The average Bonchev–Trinajstić information content (AvgIpc) is 3.44. The van der Waals surface area contributed by atoms with Gasteiger partial charge in [0.05, 0.1) is 11.1 Å². The molecule has 0 heterocycles. The molecular weight excluding hydrogens is 723 g/mol. The Bertz CT molecular complexity index is 3040. The van der Waals surface area contributed by atoms with E-state index >= 15 is 0 Å². The second-order valence-corrected chi connectivity index (χ2v) is 15.6. The summed E-state index contributed by atoms with van der Waals surface area (Å²) in [4.78, 5) is 2.38. The van der Waals surface area contributed by atoms with Crippen LogP contribution in [0, 0.1) is 0 Å². The fraction of sp³-hybridized carbons (Fsp3) is 0.0169. The molecule has 0 saturated carbocycles. The number of hydrogen-bond acceptors (Lipinski definition) is 1. The van der Waals surface area contributed by atoms with Gasteiger partial charge in [-0.05, 0) is 102 Å². The van der Waals surface area contributed by atoms with Crippen molar-refractivity contribution in [3.05, 3.63) is 271 Å². The summed E-state index contributed by atoms with van der Waals surface area (Å²) in [6, 6.07) is 91.1. The fourth-order valence-electron chi connectivity index (χ4n) is 9.64. The van der Waals surface area contributed by atoms with Gasteiger partial charge in [0.2, 0.25) is 0 Å². The number of benzene rings is 10. The molecule has 0 unspecified atom stereocenters. The highest BCUT2D eigenvalue weighted by Gasteiger charge is 2.43. The maximum Gasteiger partial charge on any atom is 0.0713 e. The molecule has 1 nitrogen and oxygen atoms in total. The first kappa shape index (κ1) is 35.4. The van der Waals surface area contributed by atoms with Gasteiger partial charge in [0.1, 0.15) is 0 Å². The molecule has 10 aromatic carbocycles. The van der Waals surface area contributed by atoms with Gasteiger partial charge in [-0.25, -0.2) is 0 Å². The first-order valence-electron chi connectivity index (χ1n) is 20.8. The average molecular weight is 764 g/mol. The van der Waals surface area contributed by atoms with Crippen molar-refractivity contribution in [2.75, 3.05) is 4.90 Å². The van der Waals surface area contributed by atoms with Crippen LogP contribution in [0.15, 0.2) is 249 Å². The van der Waals surface area contributed by atoms with Crippen LogP contribution in [0.25, 0.3) is 55.3 Å². The van der Waals surface area contributed by atoms with Crippen LogP contribution in [0.1, 0.15) is 22.3 Å². The molecule has 1 aliphatic rings. The highest BCUT2D eigenvalue weighted by Crippen LogP contribution is 2.55. The third kappa shape index (κ3) is 5.86. The van der Waals surface area contributed by atoms with Crippen LogP contribution in [-0.2, 0) is 5.41 Å². The summed E-state index contributed by atoms with van der Waals surface area (Å²) < 4.78 is 0. The summed E-state index contributed by atoms with van der Waals surface area (Å²) in [7, 11) is 0. The quantitative estimate of drug-likeness (QED) is 0.156. The van der Waals surface area contributed by atoms with Gasteiger partial charge < -0.3 is 4.90 Å². The first-order valence-corrected chi connectivity index (χ1v) is 20.8. The van der Waals surface area contributed by atoms with Crippen LogP contribution in [0.3, 0.4) is 0 Å². The standard InChI is InChI=1S/C59H41N/c1-3-16-42(17-4-1)44-32-38-49(39-33-44)60(58-29-15-19-46-18-7-8-22-51(46)58)50-40-34-45(35-41-50)43-30-36-48(37-31-43)59(47-20-5-2-6-21-47)56-27-13-11-25-54(56)52-23-9-10-24-53(52)55-26-12-14-28-57(55)59/h1-41H. The molecule has 11 rings (SSSR count). The fourth-order valence-corrected chi connectivity index (χ4v) is 9.64. The summed E-state index contributed by atoms with van der Waals surface area (Å²) in [5, 5.41) is 2.43. The SMILES string of the molecule is c1ccc(-c2ccc(N(c3ccc(-c4ccc(C5(c6ccccc6)c6ccccc6-c6ccccc6-c6ccccc65)cc4)cc3)c3cccc4ccccc34)cc2)cc1. The number of nitrogens with zero attached hydrogens (tertiary/aromatic N) is 1. The summed E-state index contributed by atoms with van der Waals surface area (Å²) in [6.07, 6.45) is 0. The van der Waals surface area contributed by atoms with E-state index in [0.717, 1.165) is 17.1 Å². The minimum absolute atomic E-state index is 0.551. The van der Waals surface area contributed by atoms with Crippen LogP contribution >= 0.6 is 0 Å². The van der Waals surface area contributed by atoms with Crippen LogP contribution < -0.4 is 4.90 Å². The van der Waals surface area contributed by atoms with Crippen molar-refractivity contribution >= 4 is 27.8 Å². The van der Waals surface area contributed by atoms with E-state index in [1.54, 1.807) is 0 Å². The van der Waals surface area contributed by atoms with E-state index in [2.05, 4.69) is 254 Å². The third-order valence-electron chi connectivity index (χ3n) is 12.4. The molecule has 0 spiro atoms. The van der Waals surface area contributed by atoms with Gasteiger partial charge in [0, 0.05) is 16.8 Å². The molecule has 0 atom stereocenters. The molecule has 282 valence electrons. The Kier molecular flexibility index (Phi) is 8.79. The zero-order valence-electron chi connectivity index (χ0n) is 33.1. The van der Waals surface area contributed by atoms with E-state index in [4.69, 9.17) is 0 Å². The van der Waals surface area contributed by atoms with Crippen LogP contribution in [0.2, 0.25) is 0 Å². The zero-order chi connectivity index (χ0) is 39.9. The second kappa shape index (κ2) is 14.9. The van der Waals surface area contributed by atoms with Crippen molar-refractivity contribution < 1.29 is 0 Å². The van der Waals surface area contributed by atoms with E-state index < -0.39 is 5.41 Å². The van der Waals surface area contributed by atoms with Gasteiger partial charge in [-0.2, -0.15) is 0 Å². The summed E-state index contributed by atoms with van der Waals surface area (Å²) >= 11 is 0. The molecule has 60 heavy (non-hydrogen) atoms. The number of anilines is 3. The first-order chi connectivity index (χ1) is 29.8. The van der Waals surface area contributed by atoms with Gasteiger partial charge in [-0.3, -0.25) is 0 Å². The summed E-state index contributed by atoms with van der Waals surface area (Å²) in [5.41, 5.74) is 17.7. The monoisotopic (exact) mass is 763 g/mol. The van der Waals surface area contributed by atoms with Crippen molar-refractivity contribution in [3.63, 3.8) is 0 Å². The Hall–Kier alpha value is -7.74. The van der Waals surface area contributed by atoms with E-state index in [1.165, 1.54) is 77.5 Å². The van der Waals surface area contributed by atoms with Crippen LogP contribution in [0.4, 0.5) is 17.1 Å². The molecule has 1 heteroatoms. The highest BCUT2D eigenvalue weighted by atomic mass is 15.1. The molecule has 0 amide bonds. The lowest BCUT2D eigenvalue weighted by molar-refractivity contribution is 0.751. The molecule has 0 bridgehead atoms. The topological polar surface area (TPSA) is 3.24 Å². The number of fused-ring (bicyclic) bond motifs is 6. The van der Waals surface area contributed by atoms with E-state index in [0.29, 0.717) is 0 Å². The molecule has 0 aliphatic heterocycles. The maximum absolute atomic E-state index is 2.38. The molecule has 10 aromatic rings. The van der Waals surface area contributed by atoms with Gasteiger partial charge in [-0.15, -0.1) is 0 Å². The lowest BCUT2D eigenvalue weighted by Crippen LogP contribution is -2.31. The predicted molar refractivity (Wildman–Crippen MR) is 252 cm³/mol.